The van der Waals surface area contributed by atoms with Crippen LogP contribution in [0.3, 0.4) is 0 Å². The first-order valence-electron chi connectivity index (χ1n) is 7.20. The van der Waals surface area contributed by atoms with Gasteiger partial charge >= 0.3 is 5.97 Å². The summed E-state index contributed by atoms with van der Waals surface area (Å²) in [5, 5.41) is 13.9. The molecule has 0 aliphatic heterocycles. The van der Waals surface area contributed by atoms with Crippen LogP contribution >= 0.6 is 0 Å². The topological polar surface area (TPSA) is 95.5 Å². The second-order valence-electron chi connectivity index (χ2n) is 5.59. The standard InChI is InChI=1S/C16H22N2O4/c1-10(2)9-13(15(20)17-11(3)16(21)22)18-14(19)12-7-5-4-6-8-12/h4-8,10-11,13H,9H2,1-3H3,(H,17,20)(H,18,19)(H,21,22)/t11-,13-/m0/s1. The van der Waals surface area contributed by atoms with Crippen LogP contribution in [0.2, 0.25) is 0 Å². The minimum atomic E-state index is -1.12. The molecule has 0 spiro atoms. The van der Waals surface area contributed by atoms with Gasteiger partial charge in [0.2, 0.25) is 5.91 Å². The summed E-state index contributed by atoms with van der Waals surface area (Å²) in [7, 11) is 0. The lowest BCUT2D eigenvalue weighted by molar-refractivity contribution is -0.141. The fourth-order valence-corrected chi connectivity index (χ4v) is 1.91. The molecule has 1 aromatic rings. The third-order valence-corrected chi connectivity index (χ3v) is 3.09. The molecule has 6 nitrogen and oxygen atoms in total. The molecule has 0 saturated carbocycles. The summed E-state index contributed by atoms with van der Waals surface area (Å²) in [5.41, 5.74) is 0.454. The highest BCUT2D eigenvalue weighted by Gasteiger charge is 2.25. The average Bonchev–Trinajstić information content (AvgIpc) is 2.46. The second kappa shape index (κ2) is 8.17. The Hall–Kier alpha value is -2.37. The number of carboxylic acid groups (broad SMARTS) is 1. The first-order valence-corrected chi connectivity index (χ1v) is 7.20. The molecule has 0 bridgehead atoms. The number of carbonyl (C=O) groups is 3. The summed E-state index contributed by atoms with van der Waals surface area (Å²) in [4.78, 5) is 35.1. The lowest BCUT2D eigenvalue weighted by Crippen LogP contribution is -2.51. The van der Waals surface area contributed by atoms with Crippen LogP contribution in [0.25, 0.3) is 0 Å². The summed E-state index contributed by atoms with van der Waals surface area (Å²) < 4.78 is 0. The van der Waals surface area contributed by atoms with Crippen molar-refractivity contribution in [2.45, 2.75) is 39.3 Å². The fraction of sp³-hybridized carbons (Fsp3) is 0.438. The number of carboxylic acids is 1. The van der Waals surface area contributed by atoms with E-state index >= 15 is 0 Å². The van der Waals surface area contributed by atoms with Crippen molar-refractivity contribution in [1.29, 1.82) is 0 Å². The molecule has 0 unspecified atom stereocenters. The van der Waals surface area contributed by atoms with Gasteiger partial charge in [0.1, 0.15) is 12.1 Å². The van der Waals surface area contributed by atoms with Crippen LogP contribution in [0.4, 0.5) is 0 Å². The van der Waals surface area contributed by atoms with Gasteiger partial charge in [-0.25, -0.2) is 0 Å². The molecule has 0 fully saturated rings. The summed E-state index contributed by atoms with van der Waals surface area (Å²) in [6.45, 7) is 5.23. The molecule has 2 atom stereocenters. The lowest BCUT2D eigenvalue weighted by atomic mass is 10.0. The Labute approximate surface area is 129 Å². The number of carbonyl (C=O) groups excluding carboxylic acids is 2. The minimum absolute atomic E-state index is 0.173. The zero-order valence-corrected chi connectivity index (χ0v) is 13.0. The van der Waals surface area contributed by atoms with E-state index in [-0.39, 0.29) is 11.8 Å². The predicted molar refractivity (Wildman–Crippen MR) is 82.4 cm³/mol. The van der Waals surface area contributed by atoms with E-state index in [0.717, 1.165) is 0 Å². The molecule has 120 valence electrons. The summed E-state index contributed by atoms with van der Waals surface area (Å²) in [6.07, 6.45) is 0.427. The van der Waals surface area contributed by atoms with Crippen LogP contribution in [0, 0.1) is 5.92 Å². The Morgan fingerprint density at radius 3 is 2.14 bits per heavy atom. The molecule has 0 aliphatic carbocycles. The molecule has 0 radical (unpaired) electrons. The third-order valence-electron chi connectivity index (χ3n) is 3.09. The first-order chi connectivity index (χ1) is 10.3. The Morgan fingerprint density at radius 2 is 1.64 bits per heavy atom. The molecule has 0 saturated heterocycles. The van der Waals surface area contributed by atoms with E-state index in [9.17, 15) is 14.4 Å². The molecule has 22 heavy (non-hydrogen) atoms. The normalized spacial score (nSPS) is 13.3. The maximum Gasteiger partial charge on any atom is 0.325 e. The van der Waals surface area contributed by atoms with Gasteiger partial charge in [-0.05, 0) is 31.4 Å². The zero-order chi connectivity index (χ0) is 16.7. The molecular formula is C16H22N2O4. The van der Waals surface area contributed by atoms with Crippen molar-refractivity contribution in [3.05, 3.63) is 35.9 Å². The number of rotatable bonds is 7. The Bertz CT molecular complexity index is 528. The predicted octanol–water partition coefficient (Wildman–Crippen LogP) is 1.42. The summed E-state index contributed by atoms with van der Waals surface area (Å²) >= 11 is 0. The van der Waals surface area contributed by atoms with Crippen molar-refractivity contribution in [3.8, 4) is 0 Å². The van der Waals surface area contributed by atoms with Crippen LogP contribution in [0.5, 0.6) is 0 Å². The Balaban J connectivity index is 2.78. The summed E-state index contributed by atoms with van der Waals surface area (Å²) in [6, 6.07) is 6.80. The number of hydrogen-bond acceptors (Lipinski definition) is 3. The van der Waals surface area contributed by atoms with E-state index in [1.165, 1.54) is 6.92 Å². The van der Waals surface area contributed by atoms with E-state index in [1.54, 1.807) is 30.3 Å². The van der Waals surface area contributed by atoms with Gasteiger partial charge in [-0.15, -0.1) is 0 Å². The highest BCUT2D eigenvalue weighted by Crippen LogP contribution is 2.07. The number of amides is 2. The maximum atomic E-state index is 12.2. The molecule has 3 N–H and O–H groups in total. The Kier molecular flexibility index (Phi) is 6.56. The maximum absolute atomic E-state index is 12.2. The largest absolute Gasteiger partial charge is 0.480 e. The molecule has 1 rings (SSSR count). The molecule has 0 aromatic heterocycles. The molecule has 0 heterocycles. The monoisotopic (exact) mass is 306 g/mol. The summed E-state index contributed by atoms with van der Waals surface area (Å²) in [5.74, 6) is -1.80. The van der Waals surface area contributed by atoms with E-state index in [0.29, 0.717) is 12.0 Å². The Morgan fingerprint density at radius 1 is 1.05 bits per heavy atom. The zero-order valence-electron chi connectivity index (χ0n) is 13.0. The van der Waals surface area contributed by atoms with Gasteiger partial charge in [-0.1, -0.05) is 32.0 Å². The van der Waals surface area contributed by atoms with Crippen molar-refractivity contribution in [2.24, 2.45) is 5.92 Å². The van der Waals surface area contributed by atoms with Crippen molar-refractivity contribution >= 4 is 17.8 Å². The van der Waals surface area contributed by atoms with E-state index in [1.807, 2.05) is 13.8 Å². The van der Waals surface area contributed by atoms with Gasteiger partial charge < -0.3 is 15.7 Å². The van der Waals surface area contributed by atoms with Gasteiger partial charge in [0.15, 0.2) is 0 Å². The molecule has 1 aromatic carbocycles. The van der Waals surface area contributed by atoms with Crippen molar-refractivity contribution in [1.82, 2.24) is 10.6 Å². The highest BCUT2D eigenvalue weighted by atomic mass is 16.4. The SMILES string of the molecule is CC(C)C[C@H](NC(=O)c1ccccc1)C(=O)N[C@@H](C)C(=O)O. The third kappa shape index (κ3) is 5.55. The smallest absolute Gasteiger partial charge is 0.325 e. The molecule has 2 amide bonds. The molecule has 6 heteroatoms. The quantitative estimate of drug-likeness (QED) is 0.710. The number of benzene rings is 1. The van der Waals surface area contributed by atoms with Gasteiger partial charge in [0.05, 0.1) is 0 Å². The van der Waals surface area contributed by atoms with Crippen molar-refractivity contribution in [2.75, 3.05) is 0 Å². The molecular weight excluding hydrogens is 284 g/mol. The number of aliphatic carboxylic acids is 1. The van der Waals surface area contributed by atoms with Crippen molar-refractivity contribution in [3.63, 3.8) is 0 Å². The van der Waals surface area contributed by atoms with Gasteiger partial charge in [-0.3, -0.25) is 14.4 Å². The fourth-order valence-electron chi connectivity index (χ4n) is 1.91. The van der Waals surface area contributed by atoms with Gasteiger partial charge in [0, 0.05) is 5.56 Å². The van der Waals surface area contributed by atoms with Crippen LogP contribution in [0.1, 0.15) is 37.6 Å². The number of hydrogen-bond donors (Lipinski definition) is 3. The van der Waals surface area contributed by atoms with Crippen LogP contribution in [-0.4, -0.2) is 35.0 Å². The van der Waals surface area contributed by atoms with Crippen LogP contribution < -0.4 is 10.6 Å². The lowest BCUT2D eigenvalue weighted by Gasteiger charge is -2.21. The van der Waals surface area contributed by atoms with Crippen LogP contribution in [0.15, 0.2) is 30.3 Å². The minimum Gasteiger partial charge on any atom is -0.480 e. The van der Waals surface area contributed by atoms with E-state index in [4.69, 9.17) is 5.11 Å². The second-order valence-corrected chi connectivity index (χ2v) is 5.59. The molecule has 0 aliphatic rings. The first kappa shape index (κ1) is 17.7. The van der Waals surface area contributed by atoms with E-state index < -0.39 is 24.0 Å². The highest BCUT2D eigenvalue weighted by molar-refractivity contribution is 5.98. The van der Waals surface area contributed by atoms with Gasteiger partial charge in [0.25, 0.3) is 5.91 Å². The van der Waals surface area contributed by atoms with Gasteiger partial charge in [-0.2, -0.15) is 0 Å². The van der Waals surface area contributed by atoms with Crippen molar-refractivity contribution < 1.29 is 19.5 Å². The van der Waals surface area contributed by atoms with Crippen LogP contribution in [-0.2, 0) is 9.59 Å². The average molecular weight is 306 g/mol. The van der Waals surface area contributed by atoms with E-state index in [2.05, 4.69) is 10.6 Å². The number of nitrogens with one attached hydrogen (secondary N) is 2.